The van der Waals surface area contributed by atoms with Crippen molar-refractivity contribution in [1.82, 2.24) is 14.9 Å². The number of rotatable bonds is 4. The number of hydrogen-bond acceptors (Lipinski definition) is 6. The minimum atomic E-state index is 0.0590. The van der Waals surface area contributed by atoms with E-state index in [-0.39, 0.29) is 12.0 Å². The Morgan fingerprint density at radius 2 is 2.17 bits per heavy atom. The third-order valence-electron chi connectivity index (χ3n) is 3.75. The molecule has 1 amide bonds. The standard InChI is InChI=1S/C16H19N3O3S/c1-11-9-13(23-10-11)15(20)19-7-4-12(5-8-19)22-14-3-6-17-16(18-14)21-2/h3,6,9-10,12H,4-5,7-8H2,1-2H3. The van der Waals surface area contributed by atoms with Gasteiger partial charge in [0.2, 0.25) is 5.88 Å². The Balaban J connectivity index is 1.55. The zero-order valence-corrected chi connectivity index (χ0v) is 14.0. The minimum Gasteiger partial charge on any atom is -0.474 e. The topological polar surface area (TPSA) is 64.6 Å². The number of carbonyl (C=O) groups is 1. The number of likely N-dealkylation sites (tertiary alicyclic amines) is 1. The van der Waals surface area contributed by atoms with Crippen LogP contribution in [0.1, 0.15) is 28.1 Å². The zero-order chi connectivity index (χ0) is 16.2. The summed E-state index contributed by atoms with van der Waals surface area (Å²) in [5, 5.41) is 2.01. The molecular formula is C16H19N3O3S. The third-order valence-corrected chi connectivity index (χ3v) is 4.78. The van der Waals surface area contributed by atoms with Crippen molar-refractivity contribution in [3.8, 4) is 11.9 Å². The molecule has 0 aromatic carbocycles. The fourth-order valence-corrected chi connectivity index (χ4v) is 3.40. The van der Waals surface area contributed by atoms with Gasteiger partial charge in [-0.3, -0.25) is 4.79 Å². The molecule has 0 spiro atoms. The highest BCUT2D eigenvalue weighted by Gasteiger charge is 2.25. The first-order valence-corrected chi connectivity index (χ1v) is 8.42. The minimum absolute atomic E-state index is 0.0590. The molecule has 0 atom stereocenters. The molecule has 2 aromatic rings. The number of carbonyl (C=O) groups excluding carboxylic acids is 1. The lowest BCUT2D eigenvalue weighted by Gasteiger charge is -2.31. The number of amides is 1. The molecule has 122 valence electrons. The maximum Gasteiger partial charge on any atom is 0.319 e. The number of ether oxygens (including phenoxy) is 2. The van der Waals surface area contributed by atoms with E-state index >= 15 is 0 Å². The van der Waals surface area contributed by atoms with Crippen molar-refractivity contribution >= 4 is 17.2 Å². The second kappa shape index (κ2) is 6.95. The molecule has 7 heteroatoms. The number of aromatic nitrogens is 2. The van der Waals surface area contributed by atoms with Crippen LogP contribution in [0.15, 0.2) is 23.7 Å². The van der Waals surface area contributed by atoms with Gasteiger partial charge < -0.3 is 14.4 Å². The first-order valence-electron chi connectivity index (χ1n) is 7.54. The van der Waals surface area contributed by atoms with E-state index < -0.39 is 0 Å². The highest BCUT2D eigenvalue weighted by Crippen LogP contribution is 2.22. The Bertz CT molecular complexity index is 681. The molecule has 3 heterocycles. The van der Waals surface area contributed by atoms with E-state index in [1.54, 1.807) is 12.3 Å². The molecule has 23 heavy (non-hydrogen) atoms. The van der Waals surface area contributed by atoms with Gasteiger partial charge in [0.1, 0.15) is 6.10 Å². The second-order valence-corrected chi connectivity index (χ2v) is 6.39. The molecule has 1 fully saturated rings. The smallest absolute Gasteiger partial charge is 0.319 e. The van der Waals surface area contributed by atoms with E-state index in [0.717, 1.165) is 23.3 Å². The van der Waals surface area contributed by atoms with Gasteiger partial charge in [0.25, 0.3) is 5.91 Å². The van der Waals surface area contributed by atoms with Crippen molar-refractivity contribution in [1.29, 1.82) is 0 Å². The van der Waals surface area contributed by atoms with Crippen LogP contribution in [0.25, 0.3) is 0 Å². The van der Waals surface area contributed by atoms with Crippen LogP contribution in [0.2, 0.25) is 0 Å². The monoisotopic (exact) mass is 333 g/mol. The van der Waals surface area contributed by atoms with Gasteiger partial charge in [-0.2, -0.15) is 4.98 Å². The Morgan fingerprint density at radius 1 is 1.39 bits per heavy atom. The highest BCUT2D eigenvalue weighted by atomic mass is 32.1. The van der Waals surface area contributed by atoms with Gasteiger partial charge in [0.15, 0.2) is 0 Å². The molecule has 6 nitrogen and oxygen atoms in total. The lowest BCUT2D eigenvalue weighted by molar-refractivity contribution is 0.0591. The molecule has 0 unspecified atom stereocenters. The number of piperidine rings is 1. The van der Waals surface area contributed by atoms with E-state index in [0.29, 0.717) is 25.0 Å². The van der Waals surface area contributed by atoms with Crippen molar-refractivity contribution in [3.05, 3.63) is 34.2 Å². The van der Waals surface area contributed by atoms with Gasteiger partial charge in [-0.25, -0.2) is 4.98 Å². The van der Waals surface area contributed by atoms with Gasteiger partial charge >= 0.3 is 6.01 Å². The Kier molecular flexibility index (Phi) is 4.76. The van der Waals surface area contributed by atoms with Gasteiger partial charge in [-0.1, -0.05) is 0 Å². The SMILES string of the molecule is COc1nccc(OC2CCN(C(=O)c3cc(C)cs3)CC2)n1. The first kappa shape index (κ1) is 15.7. The van der Waals surface area contributed by atoms with Crippen LogP contribution in [0, 0.1) is 6.92 Å². The maximum atomic E-state index is 12.4. The van der Waals surface area contributed by atoms with Crippen LogP contribution in [0.5, 0.6) is 11.9 Å². The normalized spacial score (nSPS) is 15.5. The number of hydrogen-bond donors (Lipinski definition) is 0. The highest BCUT2D eigenvalue weighted by molar-refractivity contribution is 7.12. The largest absolute Gasteiger partial charge is 0.474 e. The summed E-state index contributed by atoms with van der Waals surface area (Å²) in [7, 11) is 1.52. The van der Waals surface area contributed by atoms with Crippen LogP contribution in [0.4, 0.5) is 0 Å². The molecule has 0 N–H and O–H groups in total. The van der Waals surface area contributed by atoms with Crippen molar-refractivity contribution < 1.29 is 14.3 Å². The van der Waals surface area contributed by atoms with Gasteiger partial charge in [0.05, 0.1) is 12.0 Å². The van der Waals surface area contributed by atoms with E-state index in [1.807, 2.05) is 23.3 Å². The molecule has 0 bridgehead atoms. The molecule has 0 saturated carbocycles. The molecular weight excluding hydrogens is 314 g/mol. The van der Waals surface area contributed by atoms with E-state index in [1.165, 1.54) is 18.4 Å². The number of nitrogens with zero attached hydrogens (tertiary/aromatic N) is 3. The predicted molar refractivity (Wildman–Crippen MR) is 87.2 cm³/mol. The molecule has 1 aliphatic rings. The zero-order valence-electron chi connectivity index (χ0n) is 13.2. The number of thiophene rings is 1. The first-order chi connectivity index (χ1) is 11.2. The number of aryl methyl sites for hydroxylation is 1. The van der Waals surface area contributed by atoms with E-state index in [4.69, 9.17) is 9.47 Å². The fourth-order valence-electron chi connectivity index (χ4n) is 2.54. The summed E-state index contributed by atoms with van der Waals surface area (Å²) < 4.78 is 10.9. The molecule has 2 aromatic heterocycles. The quantitative estimate of drug-likeness (QED) is 0.860. The second-order valence-electron chi connectivity index (χ2n) is 5.48. The Hall–Kier alpha value is -2.15. The summed E-state index contributed by atoms with van der Waals surface area (Å²) >= 11 is 1.51. The summed E-state index contributed by atoms with van der Waals surface area (Å²) in [6.07, 6.45) is 3.26. The van der Waals surface area contributed by atoms with Crippen molar-refractivity contribution in [2.45, 2.75) is 25.9 Å². The average Bonchev–Trinajstić information content (AvgIpc) is 3.01. The van der Waals surface area contributed by atoms with Crippen LogP contribution in [0.3, 0.4) is 0 Å². The molecule has 1 saturated heterocycles. The summed E-state index contributed by atoms with van der Waals surface area (Å²) in [6.45, 7) is 3.40. The Morgan fingerprint density at radius 3 is 2.83 bits per heavy atom. The van der Waals surface area contributed by atoms with Gasteiger partial charge in [-0.05, 0) is 23.9 Å². The predicted octanol–water partition coefficient (Wildman–Crippen LogP) is 2.54. The van der Waals surface area contributed by atoms with Crippen molar-refractivity contribution in [3.63, 3.8) is 0 Å². The van der Waals surface area contributed by atoms with Crippen LogP contribution < -0.4 is 9.47 Å². The average molecular weight is 333 g/mol. The van der Waals surface area contributed by atoms with Crippen LogP contribution >= 0.6 is 11.3 Å². The van der Waals surface area contributed by atoms with Gasteiger partial charge in [0, 0.05) is 38.2 Å². The van der Waals surface area contributed by atoms with Crippen molar-refractivity contribution in [2.24, 2.45) is 0 Å². The third kappa shape index (κ3) is 3.79. The van der Waals surface area contributed by atoms with Crippen LogP contribution in [-0.4, -0.2) is 47.1 Å². The summed E-state index contributed by atoms with van der Waals surface area (Å²) in [5.41, 5.74) is 1.13. The van der Waals surface area contributed by atoms with Crippen molar-refractivity contribution in [2.75, 3.05) is 20.2 Å². The molecule has 1 aliphatic heterocycles. The number of methoxy groups -OCH3 is 1. The maximum absolute atomic E-state index is 12.4. The lowest BCUT2D eigenvalue weighted by atomic mass is 10.1. The van der Waals surface area contributed by atoms with Crippen LogP contribution in [-0.2, 0) is 0 Å². The summed E-state index contributed by atoms with van der Waals surface area (Å²) in [6, 6.07) is 3.96. The van der Waals surface area contributed by atoms with Gasteiger partial charge in [-0.15, -0.1) is 11.3 Å². The summed E-state index contributed by atoms with van der Waals surface area (Å²) in [5.74, 6) is 0.626. The molecule has 3 rings (SSSR count). The van der Waals surface area contributed by atoms with E-state index in [2.05, 4.69) is 9.97 Å². The molecule has 0 radical (unpaired) electrons. The summed E-state index contributed by atoms with van der Waals surface area (Å²) in [4.78, 5) is 23.2. The Labute approximate surface area is 139 Å². The fraction of sp³-hybridized carbons (Fsp3) is 0.438. The van der Waals surface area contributed by atoms with E-state index in [9.17, 15) is 4.79 Å². The lowest BCUT2D eigenvalue weighted by Crippen LogP contribution is -2.41. The molecule has 0 aliphatic carbocycles.